The van der Waals surface area contributed by atoms with Crippen LogP contribution in [0.5, 0.6) is 0 Å². The molecule has 0 unspecified atom stereocenters. The van der Waals surface area contributed by atoms with E-state index in [0.29, 0.717) is 18.5 Å². The van der Waals surface area contributed by atoms with E-state index in [1.165, 1.54) is 12.1 Å². The zero-order valence-electron chi connectivity index (χ0n) is 13.7. The molecular formula is C16H20N4O3. The molecule has 0 aliphatic rings. The van der Waals surface area contributed by atoms with Crippen LogP contribution in [0.4, 0.5) is 11.4 Å². The molecule has 2 rings (SSSR count). The van der Waals surface area contributed by atoms with Crippen LogP contribution in [0.15, 0.2) is 18.2 Å². The number of carbonyl (C=O) groups is 1. The molecule has 0 saturated heterocycles. The fourth-order valence-corrected chi connectivity index (χ4v) is 2.49. The van der Waals surface area contributed by atoms with Gasteiger partial charge in [0.15, 0.2) is 0 Å². The lowest BCUT2D eigenvalue weighted by molar-refractivity contribution is -0.384. The number of anilines is 1. The number of nitro benzene ring substituents is 1. The lowest BCUT2D eigenvalue weighted by Crippen LogP contribution is -2.13. The highest BCUT2D eigenvalue weighted by molar-refractivity contribution is 5.92. The first-order chi connectivity index (χ1) is 10.8. The van der Waals surface area contributed by atoms with E-state index in [0.717, 1.165) is 22.5 Å². The van der Waals surface area contributed by atoms with E-state index in [1.807, 2.05) is 20.9 Å². The first kappa shape index (κ1) is 16.7. The highest BCUT2D eigenvalue weighted by Gasteiger charge is 2.14. The summed E-state index contributed by atoms with van der Waals surface area (Å²) < 4.78 is 1.80. The van der Waals surface area contributed by atoms with E-state index < -0.39 is 4.92 Å². The Morgan fingerprint density at radius 1 is 1.35 bits per heavy atom. The maximum atomic E-state index is 12.1. The lowest BCUT2D eigenvalue weighted by atomic mass is 10.1. The van der Waals surface area contributed by atoms with Crippen molar-refractivity contribution in [1.29, 1.82) is 0 Å². The number of aryl methyl sites for hydroxylation is 3. The molecule has 7 heteroatoms. The minimum absolute atomic E-state index is 0.0372. The molecule has 1 aromatic heterocycles. The van der Waals surface area contributed by atoms with Gasteiger partial charge >= 0.3 is 0 Å². The SMILES string of the molecule is Cc1ccc([N+](=O)[O-])cc1NC(=O)CCc1c(C)nn(C)c1C. The third kappa shape index (κ3) is 3.74. The van der Waals surface area contributed by atoms with Crippen molar-refractivity contribution in [3.05, 3.63) is 50.8 Å². The third-order valence-corrected chi connectivity index (χ3v) is 3.97. The minimum atomic E-state index is -0.475. The van der Waals surface area contributed by atoms with Crippen molar-refractivity contribution in [3.63, 3.8) is 0 Å². The molecule has 0 fully saturated rings. The molecular weight excluding hydrogens is 296 g/mol. The molecule has 122 valence electrons. The van der Waals surface area contributed by atoms with Gasteiger partial charge in [-0.25, -0.2) is 0 Å². The molecule has 1 amide bonds. The number of hydrogen-bond acceptors (Lipinski definition) is 4. The van der Waals surface area contributed by atoms with Crippen LogP contribution in [0.3, 0.4) is 0 Å². The highest BCUT2D eigenvalue weighted by Crippen LogP contribution is 2.22. The van der Waals surface area contributed by atoms with Gasteiger partial charge < -0.3 is 5.32 Å². The predicted molar refractivity (Wildman–Crippen MR) is 87.5 cm³/mol. The van der Waals surface area contributed by atoms with Crippen LogP contribution in [0.1, 0.15) is 28.9 Å². The lowest BCUT2D eigenvalue weighted by Gasteiger charge is -2.08. The summed E-state index contributed by atoms with van der Waals surface area (Å²) in [5.41, 5.74) is 4.26. The van der Waals surface area contributed by atoms with Gasteiger partial charge in [-0.05, 0) is 38.3 Å². The van der Waals surface area contributed by atoms with Gasteiger partial charge in [-0.2, -0.15) is 5.10 Å². The summed E-state index contributed by atoms with van der Waals surface area (Å²) in [7, 11) is 1.87. The van der Waals surface area contributed by atoms with Crippen LogP contribution in [-0.2, 0) is 18.3 Å². The topological polar surface area (TPSA) is 90.1 Å². The van der Waals surface area contributed by atoms with Gasteiger partial charge in [0.2, 0.25) is 5.91 Å². The van der Waals surface area contributed by atoms with Crippen molar-refractivity contribution >= 4 is 17.3 Å². The number of rotatable bonds is 5. The second-order valence-electron chi connectivity index (χ2n) is 5.58. The Balaban J connectivity index is 2.05. The molecule has 23 heavy (non-hydrogen) atoms. The first-order valence-corrected chi connectivity index (χ1v) is 7.33. The fraction of sp³-hybridized carbons (Fsp3) is 0.375. The second-order valence-corrected chi connectivity index (χ2v) is 5.58. The summed E-state index contributed by atoms with van der Waals surface area (Å²) in [6.45, 7) is 5.69. The monoisotopic (exact) mass is 316 g/mol. The molecule has 0 spiro atoms. The Hall–Kier alpha value is -2.70. The Labute approximate surface area is 134 Å². The maximum Gasteiger partial charge on any atom is 0.271 e. The number of non-ortho nitro benzene ring substituents is 1. The van der Waals surface area contributed by atoms with Gasteiger partial charge in [-0.3, -0.25) is 19.6 Å². The average molecular weight is 316 g/mol. The maximum absolute atomic E-state index is 12.1. The van der Waals surface area contributed by atoms with Crippen LogP contribution in [-0.4, -0.2) is 20.6 Å². The third-order valence-electron chi connectivity index (χ3n) is 3.97. The molecule has 0 bridgehead atoms. The Kier molecular flexibility index (Phi) is 4.78. The van der Waals surface area contributed by atoms with Crippen molar-refractivity contribution in [1.82, 2.24) is 9.78 Å². The number of nitro groups is 1. The minimum Gasteiger partial charge on any atom is -0.326 e. The number of carbonyl (C=O) groups excluding carboxylic acids is 1. The number of amides is 1. The normalized spacial score (nSPS) is 10.6. The summed E-state index contributed by atoms with van der Waals surface area (Å²) in [5.74, 6) is -0.170. The number of aromatic nitrogens is 2. The molecule has 0 aliphatic carbocycles. The summed E-state index contributed by atoms with van der Waals surface area (Å²) in [4.78, 5) is 22.5. The Morgan fingerprint density at radius 2 is 2.04 bits per heavy atom. The number of nitrogens with zero attached hydrogens (tertiary/aromatic N) is 3. The Morgan fingerprint density at radius 3 is 2.61 bits per heavy atom. The quantitative estimate of drug-likeness (QED) is 0.678. The summed E-state index contributed by atoms with van der Waals surface area (Å²) in [6.07, 6.45) is 0.890. The molecule has 1 heterocycles. The molecule has 7 nitrogen and oxygen atoms in total. The first-order valence-electron chi connectivity index (χ1n) is 7.33. The molecule has 1 N–H and O–H groups in total. The number of benzene rings is 1. The summed E-state index contributed by atoms with van der Waals surface area (Å²) >= 11 is 0. The van der Waals surface area contributed by atoms with Gasteiger partial charge in [-0.1, -0.05) is 6.07 Å². The van der Waals surface area contributed by atoms with Gasteiger partial charge in [-0.15, -0.1) is 0 Å². The van der Waals surface area contributed by atoms with Crippen molar-refractivity contribution in [2.24, 2.45) is 7.05 Å². The molecule has 2 aromatic rings. The van der Waals surface area contributed by atoms with Crippen LogP contribution < -0.4 is 5.32 Å². The number of hydrogen-bond donors (Lipinski definition) is 1. The van der Waals surface area contributed by atoms with Gasteiger partial charge in [0.05, 0.1) is 16.3 Å². The van der Waals surface area contributed by atoms with E-state index >= 15 is 0 Å². The van der Waals surface area contributed by atoms with Crippen LogP contribution in [0.25, 0.3) is 0 Å². The molecule has 0 saturated carbocycles. The van der Waals surface area contributed by atoms with Crippen molar-refractivity contribution in [2.75, 3.05) is 5.32 Å². The second kappa shape index (κ2) is 6.60. The molecule has 0 aliphatic heterocycles. The van der Waals surface area contributed by atoms with E-state index in [4.69, 9.17) is 0 Å². The van der Waals surface area contributed by atoms with Gasteiger partial charge in [0.25, 0.3) is 5.69 Å². The predicted octanol–water partition coefficient (Wildman–Crippen LogP) is 2.82. The van der Waals surface area contributed by atoms with Crippen LogP contribution >= 0.6 is 0 Å². The van der Waals surface area contributed by atoms with E-state index in [1.54, 1.807) is 17.7 Å². The largest absolute Gasteiger partial charge is 0.326 e. The molecule has 1 aromatic carbocycles. The standard InChI is InChI=1S/C16H20N4O3/c1-10-5-6-13(20(22)23)9-15(10)17-16(21)8-7-14-11(2)18-19(4)12(14)3/h5-6,9H,7-8H2,1-4H3,(H,17,21). The molecule has 0 radical (unpaired) electrons. The van der Waals surface area contributed by atoms with E-state index in [-0.39, 0.29) is 11.6 Å². The van der Waals surface area contributed by atoms with Gasteiger partial charge in [0.1, 0.15) is 0 Å². The summed E-state index contributed by atoms with van der Waals surface area (Å²) in [6, 6.07) is 4.43. The van der Waals surface area contributed by atoms with Crippen LogP contribution in [0, 0.1) is 30.9 Å². The highest BCUT2D eigenvalue weighted by atomic mass is 16.6. The number of nitrogens with one attached hydrogen (secondary N) is 1. The smallest absolute Gasteiger partial charge is 0.271 e. The molecule has 0 atom stereocenters. The summed E-state index contributed by atoms with van der Waals surface area (Å²) in [5, 5.41) is 17.9. The van der Waals surface area contributed by atoms with E-state index in [9.17, 15) is 14.9 Å². The van der Waals surface area contributed by atoms with Crippen LogP contribution in [0.2, 0.25) is 0 Å². The van der Waals surface area contributed by atoms with Crippen molar-refractivity contribution in [2.45, 2.75) is 33.6 Å². The zero-order chi connectivity index (χ0) is 17.1. The zero-order valence-corrected chi connectivity index (χ0v) is 13.7. The van der Waals surface area contributed by atoms with Crippen molar-refractivity contribution < 1.29 is 9.72 Å². The Bertz CT molecular complexity index is 765. The van der Waals surface area contributed by atoms with E-state index in [2.05, 4.69) is 10.4 Å². The fourth-order valence-electron chi connectivity index (χ4n) is 2.49. The van der Waals surface area contributed by atoms with Gasteiger partial charge in [0, 0.05) is 31.3 Å². The average Bonchev–Trinajstić information content (AvgIpc) is 2.72. The van der Waals surface area contributed by atoms with Crippen molar-refractivity contribution in [3.8, 4) is 0 Å².